The standard InChI is InChI=1S/C23H20ClN3O3/c1-16(28)26-21-10-5-8-18(13-21)23(29)27-25-14-19-7-2-3-11-22(19)30-15-17-6-4-9-20(24)12-17/h2-14H,15H2,1H3,(H,26,28)(H,27,29)/b25-14-. The van der Waals surface area contributed by atoms with Gasteiger partial charge >= 0.3 is 0 Å². The van der Waals surface area contributed by atoms with Crippen molar-refractivity contribution in [1.82, 2.24) is 5.43 Å². The summed E-state index contributed by atoms with van der Waals surface area (Å²) in [6.07, 6.45) is 1.52. The normalized spacial score (nSPS) is 10.6. The molecule has 0 aliphatic carbocycles. The van der Waals surface area contributed by atoms with Gasteiger partial charge < -0.3 is 10.1 Å². The number of para-hydroxylation sites is 1. The smallest absolute Gasteiger partial charge is 0.271 e. The Hall–Kier alpha value is -3.64. The number of hydrogen-bond donors (Lipinski definition) is 2. The van der Waals surface area contributed by atoms with E-state index < -0.39 is 5.91 Å². The summed E-state index contributed by atoms with van der Waals surface area (Å²) in [5.74, 6) is 0.0267. The lowest BCUT2D eigenvalue weighted by Gasteiger charge is -2.09. The van der Waals surface area contributed by atoms with E-state index >= 15 is 0 Å². The van der Waals surface area contributed by atoms with Crippen LogP contribution in [0, 0.1) is 0 Å². The van der Waals surface area contributed by atoms with E-state index in [0.717, 1.165) is 5.56 Å². The minimum Gasteiger partial charge on any atom is -0.488 e. The summed E-state index contributed by atoms with van der Waals surface area (Å²) in [4.78, 5) is 23.5. The van der Waals surface area contributed by atoms with E-state index in [1.54, 1.807) is 30.3 Å². The van der Waals surface area contributed by atoms with E-state index in [1.165, 1.54) is 13.1 Å². The maximum absolute atomic E-state index is 12.3. The first kappa shape index (κ1) is 21.1. The molecule has 3 aromatic rings. The van der Waals surface area contributed by atoms with Gasteiger partial charge in [-0.05, 0) is 48.0 Å². The molecule has 0 saturated heterocycles. The van der Waals surface area contributed by atoms with Crippen molar-refractivity contribution in [2.75, 3.05) is 5.32 Å². The second-order valence-corrected chi connectivity index (χ2v) is 6.85. The van der Waals surface area contributed by atoms with E-state index in [1.807, 2.05) is 42.5 Å². The largest absolute Gasteiger partial charge is 0.488 e. The van der Waals surface area contributed by atoms with Crippen molar-refractivity contribution in [2.45, 2.75) is 13.5 Å². The van der Waals surface area contributed by atoms with Crippen molar-refractivity contribution in [3.63, 3.8) is 0 Å². The molecular weight excluding hydrogens is 402 g/mol. The minimum absolute atomic E-state index is 0.208. The number of nitrogens with zero attached hydrogens (tertiary/aromatic N) is 1. The Morgan fingerprint density at radius 3 is 2.63 bits per heavy atom. The van der Waals surface area contributed by atoms with E-state index in [4.69, 9.17) is 16.3 Å². The van der Waals surface area contributed by atoms with Crippen LogP contribution >= 0.6 is 11.6 Å². The average Bonchev–Trinajstić information content (AvgIpc) is 2.73. The van der Waals surface area contributed by atoms with Crippen LogP contribution in [-0.2, 0) is 11.4 Å². The number of carbonyl (C=O) groups is 2. The van der Waals surface area contributed by atoms with Gasteiger partial charge in [-0.3, -0.25) is 9.59 Å². The van der Waals surface area contributed by atoms with Crippen molar-refractivity contribution >= 4 is 35.3 Å². The Kier molecular flexibility index (Phi) is 7.19. The Bertz CT molecular complexity index is 1080. The van der Waals surface area contributed by atoms with Crippen LogP contribution in [-0.4, -0.2) is 18.0 Å². The van der Waals surface area contributed by atoms with Gasteiger partial charge in [0.1, 0.15) is 12.4 Å². The number of halogens is 1. The maximum atomic E-state index is 12.3. The Labute approximate surface area is 179 Å². The second-order valence-electron chi connectivity index (χ2n) is 6.42. The van der Waals surface area contributed by atoms with Crippen LogP contribution < -0.4 is 15.5 Å². The molecule has 0 spiro atoms. The van der Waals surface area contributed by atoms with Crippen LogP contribution in [0.3, 0.4) is 0 Å². The molecule has 6 nitrogen and oxygen atoms in total. The highest BCUT2D eigenvalue weighted by atomic mass is 35.5. The van der Waals surface area contributed by atoms with Crippen molar-refractivity contribution in [1.29, 1.82) is 0 Å². The van der Waals surface area contributed by atoms with Gasteiger partial charge in [0.15, 0.2) is 0 Å². The van der Waals surface area contributed by atoms with Crippen LogP contribution in [0.1, 0.15) is 28.4 Å². The molecule has 0 aliphatic heterocycles. The molecule has 0 unspecified atom stereocenters. The zero-order valence-electron chi connectivity index (χ0n) is 16.3. The van der Waals surface area contributed by atoms with Crippen molar-refractivity contribution in [2.24, 2.45) is 5.10 Å². The fourth-order valence-electron chi connectivity index (χ4n) is 2.67. The molecule has 152 valence electrons. The zero-order valence-corrected chi connectivity index (χ0v) is 17.0. The van der Waals surface area contributed by atoms with Crippen molar-refractivity contribution in [3.8, 4) is 5.75 Å². The first-order valence-corrected chi connectivity index (χ1v) is 9.56. The topological polar surface area (TPSA) is 79.8 Å². The van der Waals surface area contributed by atoms with Crippen LogP contribution in [0.2, 0.25) is 5.02 Å². The predicted molar refractivity (Wildman–Crippen MR) is 118 cm³/mol. The van der Waals surface area contributed by atoms with Gasteiger partial charge in [0.2, 0.25) is 5.91 Å². The monoisotopic (exact) mass is 421 g/mol. The van der Waals surface area contributed by atoms with Crippen molar-refractivity contribution < 1.29 is 14.3 Å². The predicted octanol–water partition coefficient (Wildman–Crippen LogP) is 4.64. The van der Waals surface area contributed by atoms with Gasteiger partial charge in [0, 0.05) is 28.8 Å². The van der Waals surface area contributed by atoms with Crippen LogP contribution in [0.4, 0.5) is 5.69 Å². The lowest BCUT2D eigenvalue weighted by molar-refractivity contribution is -0.114. The summed E-state index contributed by atoms with van der Waals surface area (Å²) in [5, 5.41) is 7.31. The number of nitrogens with one attached hydrogen (secondary N) is 2. The number of hydrogen-bond acceptors (Lipinski definition) is 4. The molecule has 2 N–H and O–H groups in total. The van der Waals surface area contributed by atoms with Crippen LogP contribution in [0.5, 0.6) is 5.75 Å². The van der Waals surface area contributed by atoms with Gasteiger partial charge in [0.25, 0.3) is 5.91 Å². The fraction of sp³-hybridized carbons (Fsp3) is 0.0870. The highest BCUT2D eigenvalue weighted by Gasteiger charge is 2.06. The molecule has 3 rings (SSSR count). The molecule has 0 aromatic heterocycles. The average molecular weight is 422 g/mol. The molecule has 0 fully saturated rings. The molecule has 3 aromatic carbocycles. The van der Waals surface area contributed by atoms with E-state index in [0.29, 0.717) is 34.2 Å². The molecule has 0 bridgehead atoms. The minimum atomic E-state index is -0.393. The van der Waals surface area contributed by atoms with E-state index in [2.05, 4.69) is 15.8 Å². The van der Waals surface area contributed by atoms with Crippen LogP contribution in [0.15, 0.2) is 77.9 Å². The third-order valence-corrected chi connectivity index (χ3v) is 4.25. The first-order valence-electron chi connectivity index (χ1n) is 9.18. The summed E-state index contributed by atoms with van der Waals surface area (Å²) in [6.45, 7) is 1.76. The number of ether oxygens (including phenoxy) is 1. The number of rotatable bonds is 7. The summed E-state index contributed by atoms with van der Waals surface area (Å²) in [6, 6.07) is 21.4. The Morgan fingerprint density at radius 1 is 1.03 bits per heavy atom. The fourth-order valence-corrected chi connectivity index (χ4v) is 2.89. The van der Waals surface area contributed by atoms with Gasteiger partial charge in [-0.15, -0.1) is 0 Å². The lowest BCUT2D eigenvalue weighted by atomic mass is 10.2. The first-order chi connectivity index (χ1) is 14.5. The molecule has 0 aliphatic rings. The number of amides is 2. The van der Waals surface area contributed by atoms with Gasteiger partial charge in [0.05, 0.1) is 6.21 Å². The quantitative estimate of drug-likeness (QED) is 0.430. The van der Waals surface area contributed by atoms with Crippen LogP contribution in [0.25, 0.3) is 0 Å². The van der Waals surface area contributed by atoms with Gasteiger partial charge in [-0.25, -0.2) is 5.43 Å². The summed E-state index contributed by atoms with van der Waals surface area (Å²) >= 11 is 6.00. The molecule has 30 heavy (non-hydrogen) atoms. The molecule has 0 atom stereocenters. The summed E-state index contributed by atoms with van der Waals surface area (Å²) in [5.41, 5.74) is 5.06. The second kappa shape index (κ2) is 10.2. The lowest BCUT2D eigenvalue weighted by Crippen LogP contribution is -2.18. The van der Waals surface area contributed by atoms with Gasteiger partial charge in [-0.2, -0.15) is 5.10 Å². The third kappa shape index (κ3) is 6.18. The SMILES string of the molecule is CC(=O)Nc1cccc(C(=O)N/N=C\c2ccccc2OCc2cccc(Cl)c2)c1. The van der Waals surface area contributed by atoms with E-state index in [-0.39, 0.29) is 5.91 Å². The molecule has 7 heteroatoms. The number of benzene rings is 3. The zero-order chi connectivity index (χ0) is 21.3. The molecule has 0 heterocycles. The Balaban J connectivity index is 1.63. The summed E-state index contributed by atoms with van der Waals surface area (Å²) in [7, 11) is 0. The molecular formula is C23H20ClN3O3. The Morgan fingerprint density at radius 2 is 1.83 bits per heavy atom. The molecule has 0 radical (unpaired) electrons. The number of carbonyl (C=O) groups excluding carboxylic acids is 2. The molecule has 0 saturated carbocycles. The highest BCUT2D eigenvalue weighted by Crippen LogP contribution is 2.19. The summed E-state index contributed by atoms with van der Waals surface area (Å²) < 4.78 is 5.87. The van der Waals surface area contributed by atoms with Gasteiger partial charge in [-0.1, -0.05) is 41.9 Å². The van der Waals surface area contributed by atoms with Crippen molar-refractivity contribution in [3.05, 3.63) is 94.5 Å². The number of anilines is 1. The highest BCUT2D eigenvalue weighted by molar-refractivity contribution is 6.30. The van der Waals surface area contributed by atoms with E-state index in [9.17, 15) is 9.59 Å². The maximum Gasteiger partial charge on any atom is 0.271 e. The number of hydrazone groups is 1. The third-order valence-electron chi connectivity index (χ3n) is 4.02. The molecule has 2 amide bonds.